The third kappa shape index (κ3) is 3.40. The number of para-hydroxylation sites is 1. The molecular formula is C20H19NO4. The molecule has 0 bridgehead atoms. The van der Waals surface area contributed by atoms with E-state index in [4.69, 9.17) is 9.15 Å². The van der Waals surface area contributed by atoms with E-state index in [1.54, 1.807) is 18.2 Å². The number of fused-ring (bicyclic) bond motifs is 1. The fraction of sp³-hybridized carbons (Fsp3) is 0.200. The Morgan fingerprint density at radius 1 is 1.04 bits per heavy atom. The number of furan rings is 1. The molecule has 1 aromatic heterocycles. The number of ether oxygens (including phenoxy) is 1. The van der Waals surface area contributed by atoms with Gasteiger partial charge < -0.3 is 14.1 Å². The van der Waals surface area contributed by atoms with Crippen LogP contribution in [0, 0.1) is 6.92 Å². The van der Waals surface area contributed by atoms with Crippen molar-refractivity contribution in [3.8, 4) is 0 Å². The van der Waals surface area contributed by atoms with Gasteiger partial charge >= 0.3 is 5.97 Å². The van der Waals surface area contributed by atoms with Crippen LogP contribution < -0.4 is 4.90 Å². The number of anilines is 1. The topological polar surface area (TPSA) is 59.8 Å². The lowest BCUT2D eigenvalue weighted by Crippen LogP contribution is -2.15. The molecule has 0 unspecified atom stereocenters. The van der Waals surface area contributed by atoms with E-state index in [-0.39, 0.29) is 18.2 Å². The number of carbonyl (C=O) groups is 2. The van der Waals surface area contributed by atoms with Crippen molar-refractivity contribution in [1.82, 2.24) is 0 Å². The van der Waals surface area contributed by atoms with Crippen LogP contribution in [0.1, 0.15) is 26.5 Å². The van der Waals surface area contributed by atoms with Gasteiger partial charge in [0.1, 0.15) is 5.58 Å². The Kier molecular flexibility index (Phi) is 4.57. The predicted molar refractivity (Wildman–Crippen MR) is 96.3 cm³/mol. The highest BCUT2D eigenvalue weighted by atomic mass is 16.5. The summed E-state index contributed by atoms with van der Waals surface area (Å²) >= 11 is 0. The fourth-order valence-electron chi connectivity index (χ4n) is 2.62. The van der Waals surface area contributed by atoms with Crippen LogP contribution >= 0.6 is 0 Å². The van der Waals surface area contributed by atoms with Gasteiger partial charge in [-0.2, -0.15) is 0 Å². The molecule has 0 aliphatic heterocycles. The van der Waals surface area contributed by atoms with Gasteiger partial charge in [-0.1, -0.05) is 18.2 Å². The van der Waals surface area contributed by atoms with Crippen molar-refractivity contribution >= 4 is 28.4 Å². The minimum Gasteiger partial charge on any atom is -0.454 e. The number of benzene rings is 2. The molecule has 3 rings (SSSR count). The maximum absolute atomic E-state index is 12.3. The number of hydrogen-bond acceptors (Lipinski definition) is 5. The molecule has 1 heterocycles. The molecule has 0 N–H and O–H groups in total. The number of aryl methyl sites for hydroxylation is 1. The number of hydrogen-bond donors (Lipinski definition) is 0. The summed E-state index contributed by atoms with van der Waals surface area (Å²) in [5.74, 6) is -0.656. The molecule has 5 nitrogen and oxygen atoms in total. The van der Waals surface area contributed by atoms with Crippen LogP contribution in [0.15, 0.2) is 52.9 Å². The molecule has 0 radical (unpaired) electrons. The van der Waals surface area contributed by atoms with Crippen molar-refractivity contribution in [3.63, 3.8) is 0 Å². The van der Waals surface area contributed by atoms with E-state index < -0.39 is 5.97 Å². The van der Waals surface area contributed by atoms with Gasteiger partial charge in [0.2, 0.25) is 5.78 Å². The SMILES string of the molecule is Cc1c(C(=O)COC(=O)c2ccc(N(C)C)cc2)oc2ccccc12. The highest BCUT2D eigenvalue weighted by molar-refractivity contribution is 6.02. The Balaban J connectivity index is 1.68. The maximum Gasteiger partial charge on any atom is 0.338 e. The molecule has 128 valence electrons. The number of esters is 1. The van der Waals surface area contributed by atoms with Crippen LogP contribution in [0.3, 0.4) is 0 Å². The summed E-state index contributed by atoms with van der Waals surface area (Å²) in [5, 5.41) is 0.886. The van der Waals surface area contributed by atoms with Crippen molar-refractivity contribution in [1.29, 1.82) is 0 Å². The molecule has 3 aromatic rings. The number of Topliss-reactive ketones (excluding diaryl/α,β-unsaturated/α-hetero) is 1. The molecule has 0 aliphatic carbocycles. The Morgan fingerprint density at radius 2 is 1.72 bits per heavy atom. The second-order valence-electron chi connectivity index (χ2n) is 5.99. The van der Waals surface area contributed by atoms with Gasteiger partial charge in [0.25, 0.3) is 0 Å². The molecule has 5 heteroatoms. The summed E-state index contributed by atoms with van der Waals surface area (Å²) in [4.78, 5) is 26.4. The molecule has 0 fully saturated rings. The molecule has 0 aliphatic rings. The monoisotopic (exact) mass is 337 g/mol. The van der Waals surface area contributed by atoms with Crippen molar-refractivity contribution in [2.24, 2.45) is 0 Å². The van der Waals surface area contributed by atoms with E-state index in [2.05, 4.69) is 0 Å². The summed E-state index contributed by atoms with van der Waals surface area (Å²) in [5.41, 5.74) is 2.78. The molecule has 0 spiro atoms. The zero-order chi connectivity index (χ0) is 18.0. The van der Waals surface area contributed by atoms with Gasteiger partial charge in [0, 0.05) is 30.7 Å². The van der Waals surface area contributed by atoms with Crippen LogP contribution in [-0.4, -0.2) is 32.5 Å². The zero-order valence-corrected chi connectivity index (χ0v) is 14.4. The fourth-order valence-corrected chi connectivity index (χ4v) is 2.62. The first kappa shape index (κ1) is 16.8. The minimum absolute atomic E-state index is 0.233. The molecular weight excluding hydrogens is 318 g/mol. The van der Waals surface area contributed by atoms with Crippen LogP contribution in [0.4, 0.5) is 5.69 Å². The maximum atomic E-state index is 12.3. The highest BCUT2D eigenvalue weighted by Crippen LogP contribution is 2.25. The number of carbonyl (C=O) groups excluding carboxylic acids is 2. The average Bonchev–Trinajstić information content (AvgIpc) is 2.96. The molecule has 0 amide bonds. The van der Waals surface area contributed by atoms with Gasteiger partial charge in [-0.05, 0) is 37.3 Å². The Labute approximate surface area is 145 Å². The molecule has 0 saturated carbocycles. The predicted octanol–water partition coefficient (Wildman–Crippen LogP) is 3.85. The van der Waals surface area contributed by atoms with E-state index in [1.165, 1.54) is 0 Å². The summed E-state index contributed by atoms with van der Waals surface area (Å²) in [6.45, 7) is 1.47. The van der Waals surface area contributed by atoms with Crippen LogP contribution in [0.2, 0.25) is 0 Å². The quantitative estimate of drug-likeness (QED) is 0.523. The van der Waals surface area contributed by atoms with Crippen molar-refractivity contribution in [2.45, 2.75) is 6.92 Å². The van der Waals surface area contributed by atoms with E-state index in [0.29, 0.717) is 11.1 Å². The smallest absolute Gasteiger partial charge is 0.338 e. The van der Waals surface area contributed by atoms with Gasteiger partial charge in [-0.25, -0.2) is 4.79 Å². The largest absolute Gasteiger partial charge is 0.454 e. The highest BCUT2D eigenvalue weighted by Gasteiger charge is 2.19. The van der Waals surface area contributed by atoms with Gasteiger partial charge in [-0.15, -0.1) is 0 Å². The number of nitrogens with zero attached hydrogens (tertiary/aromatic N) is 1. The third-order valence-electron chi connectivity index (χ3n) is 4.05. The summed E-state index contributed by atoms with van der Waals surface area (Å²) in [7, 11) is 3.84. The lowest BCUT2D eigenvalue weighted by molar-refractivity contribution is 0.0468. The number of ketones is 1. The average molecular weight is 337 g/mol. The van der Waals surface area contributed by atoms with Gasteiger partial charge in [-0.3, -0.25) is 4.79 Å². The van der Waals surface area contributed by atoms with E-state index in [9.17, 15) is 9.59 Å². The Bertz CT molecular complexity index is 923. The lowest BCUT2D eigenvalue weighted by Gasteiger charge is -2.12. The molecule has 0 saturated heterocycles. The van der Waals surface area contributed by atoms with Crippen LogP contribution in [0.5, 0.6) is 0 Å². The standard InChI is InChI=1S/C20H19NO4/c1-13-16-6-4-5-7-18(16)25-19(13)17(22)12-24-20(23)14-8-10-15(11-9-14)21(2)3/h4-11H,12H2,1-3H3. The zero-order valence-electron chi connectivity index (χ0n) is 14.4. The normalized spacial score (nSPS) is 10.7. The summed E-state index contributed by atoms with van der Waals surface area (Å²) in [6, 6.07) is 14.4. The van der Waals surface area contributed by atoms with Crippen LogP contribution in [0.25, 0.3) is 11.0 Å². The first-order chi connectivity index (χ1) is 12.0. The van der Waals surface area contributed by atoms with E-state index in [1.807, 2.05) is 56.3 Å². The lowest BCUT2D eigenvalue weighted by atomic mass is 10.1. The van der Waals surface area contributed by atoms with Gasteiger partial charge in [0.05, 0.1) is 5.56 Å². The minimum atomic E-state index is -0.535. The van der Waals surface area contributed by atoms with E-state index in [0.717, 1.165) is 16.6 Å². The van der Waals surface area contributed by atoms with E-state index >= 15 is 0 Å². The second kappa shape index (κ2) is 6.81. The summed E-state index contributed by atoms with van der Waals surface area (Å²) in [6.07, 6.45) is 0. The molecule has 0 atom stereocenters. The van der Waals surface area contributed by atoms with Gasteiger partial charge in [0.15, 0.2) is 12.4 Å². The van der Waals surface area contributed by atoms with Crippen molar-refractivity contribution in [2.75, 3.05) is 25.6 Å². The first-order valence-corrected chi connectivity index (χ1v) is 7.93. The molecule has 2 aromatic carbocycles. The molecule has 25 heavy (non-hydrogen) atoms. The van der Waals surface area contributed by atoms with Crippen molar-refractivity contribution in [3.05, 3.63) is 65.4 Å². The summed E-state index contributed by atoms with van der Waals surface area (Å²) < 4.78 is 10.7. The second-order valence-corrected chi connectivity index (χ2v) is 5.99. The van der Waals surface area contributed by atoms with Crippen molar-refractivity contribution < 1.29 is 18.7 Å². The van der Waals surface area contributed by atoms with Crippen LogP contribution in [-0.2, 0) is 4.74 Å². The third-order valence-corrected chi connectivity index (χ3v) is 4.05. The number of rotatable bonds is 5. The Hall–Kier alpha value is -3.08. The Morgan fingerprint density at radius 3 is 2.36 bits per heavy atom. The first-order valence-electron chi connectivity index (χ1n) is 7.93.